The van der Waals surface area contributed by atoms with E-state index in [1.165, 1.54) is 0 Å². The van der Waals surface area contributed by atoms with Crippen molar-refractivity contribution in [1.29, 1.82) is 0 Å². The summed E-state index contributed by atoms with van der Waals surface area (Å²) in [5, 5.41) is 0. The molecule has 0 saturated heterocycles. The Balaban J connectivity index is 1.59. The fourth-order valence-electron chi connectivity index (χ4n) is 6.39. The molecular formula is C37H6BF21O2. The molecule has 0 atom stereocenters. The zero-order valence-corrected chi connectivity index (χ0v) is 28.3. The van der Waals surface area contributed by atoms with E-state index in [4.69, 9.17) is 9.31 Å². The molecule has 0 radical (unpaired) electrons. The van der Waals surface area contributed by atoms with Crippen molar-refractivity contribution < 1.29 is 102 Å². The highest BCUT2D eigenvalue weighted by molar-refractivity contribution is 6.64. The van der Waals surface area contributed by atoms with Crippen molar-refractivity contribution >= 4 is 12.6 Å². The standard InChI is InChI=1S/C37H6BF21O2/c39-10-6-5-8(17(40)18(10)41)7-3-1-2-4-9(7)38(60-35-14(23(46)28(51)32(55)33(35)56)13-21(44)26(49)31(54)27(50)22(13)45)61-36-16-12(20(43)29(52)34(36)57)11-15(37(16,58)59)24(47)30(53)25(48)19(11)42/h1-6H. The Morgan fingerprint density at radius 3 is 1.31 bits per heavy atom. The van der Waals surface area contributed by atoms with Crippen molar-refractivity contribution in [2.45, 2.75) is 5.92 Å². The first-order valence-corrected chi connectivity index (χ1v) is 15.9. The summed E-state index contributed by atoms with van der Waals surface area (Å²) < 4.78 is 324. The molecule has 0 fully saturated rings. The fourth-order valence-corrected chi connectivity index (χ4v) is 6.39. The van der Waals surface area contributed by atoms with Crippen LogP contribution in [0.2, 0.25) is 0 Å². The smallest absolute Gasteiger partial charge is 0.519 e. The molecule has 2 nitrogen and oxygen atoms in total. The lowest BCUT2D eigenvalue weighted by Gasteiger charge is -2.25. The summed E-state index contributed by atoms with van der Waals surface area (Å²) in [6.07, 6.45) is 0. The first-order valence-electron chi connectivity index (χ1n) is 15.9. The molecule has 7 rings (SSSR count). The van der Waals surface area contributed by atoms with Crippen molar-refractivity contribution in [2.75, 3.05) is 0 Å². The summed E-state index contributed by atoms with van der Waals surface area (Å²) in [5.41, 5.74) is -18.8. The van der Waals surface area contributed by atoms with Gasteiger partial charge in [0, 0.05) is 22.2 Å². The highest BCUT2D eigenvalue weighted by Crippen LogP contribution is 2.59. The van der Waals surface area contributed by atoms with Gasteiger partial charge in [-0.25, -0.2) is 74.6 Å². The minimum Gasteiger partial charge on any atom is -0.519 e. The maximum Gasteiger partial charge on any atom is 0.633 e. The Kier molecular flexibility index (Phi) is 10.2. The number of benzene rings is 6. The Labute approximate surface area is 323 Å². The minimum absolute atomic E-state index is 0.202. The second-order valence-corrected chi connectivity index (χ2v) is 12.4. The van der Waals surface area contributed by atoms with E-state index in [1.807, 2.05) is 0 Å². The van der Waals surface area contributed by atoms with Gasteiger partial charge >= 0.3 is 13.0 Å². The summed E-state index contributed by atoms with van der Waals surface area (Å²) in [6, 6.07) is 3.21. The summed E-state index contributed by atoms with van der Waals surface area (Å²) in [4.78, 5) is 0. The second-order valence-electron chi connectivity index (χ2n) is 12.4. The van der Waals surface area contributed by atoms with Crippen LogP contribution in [0.3, 0.4) is 0 Å². The van der Waals surface area contributed by atoms with E-state index in [9.17, 15) is 43.9 Å². The topological polar surface area (TPSA) is 18.5 Å². The van der Waals surface area contributed by atoms with Crippen molar-refractivity contribution in [3.05, 3.63) is 158 Å². The third-order valence-electron chi connectivity index (χ3n) is 9.10. The quantitative estimate of drug-likeness (QED) is 0.0688. The highest BCUT2D eigenvalue weighted by atomic mass is 19.3. The normalized spacial score (nSPS) is 12.8. The molecule has 1 aliphatic rings. The number of halogens is 21. The first-order chi connectivity index (χ1) is 28.5. The van der Waals surface area contributed by atoms with Crippen LogP contribution in [0, 0.1) is 111 Å². The van der Waals surface area contributed by atoms with E-state index in [0.29, 0.717) is 18.2 Å². The van der Waals surface area contributed by atoms with Crippen LogP contribution in [0.15, 0.2) is 36.4 Å². The van der Waals surface area contributed by atoms with Gasteiger partial charge in [-0.3, -0.25) is 0 Å². The molecule has 0 saturated carbocycles. The molecule has 6 aromatic rings. The van der Waals surface area contributed by atoms with E-state index in [0.717, 1.165) is 12.1 Å². The van der Waals surface area contributed by atoms with Crippen LogP contribution in [0.1, 0.15) is 11.1 Å². The van der Waals surface area contributed by atoms with Crippen molar-refractivity contribution in [3.63, 3.8) is 0 Å². The lowest BCUT2D eigenvalue weighted by atomic mass is 9.73. The van der Waals surface area contributed by atoms with Gasteiger partial charge in [-0.1, -0.05) is 24.3 Å². The van der Waals surface area contributed by atoms with E-state index >= 15 is 48.3 Å². The van der Waals surface area contributed by atoms with Crippen LogP contribution in [-0.4, -0.2) is 7.12 Å². The SMILES string of the molecule is Fc1ccc(-c2ccccc2B(Oc2c(F)c(F)c(F)c(F)c2-c2c(F)c(F)c(F)c(F)c2F)Oc2c(F)c(F)c(F)c3c2C(F)(F)c2c(F)c(F)c(F)c(F)c2-3)c(F)c1F. The second kappa shape index (κ2) is 14.6. The van der Waals surface area contributed by atoms with Crippen molar-refractivity contribution in [2.24, 2.45) is 0 Å². The predicted octanol–water partition coefficient (Wildman–Crippen LogP) is 11.6. The minimum atomic E-state index is -5.59. The lowest BCUT2D eigenvalue weighted by molar-refractivity contribution is 0.0404. The van der Waals surface area contributed by atoms with Crippen LogP contribution in [0.5, 0.6) is 11.5 Å². The van der Waals surface area contributed by atoms with E-state index in [1.54, 1.807) is 0 Å². The summed E-state index contributed by atoms with van der Waals surface area (Å²) >= 11 is 0. The van der Waals surface area contributed by atoms with Crippen molar-refractivity contribution in [3.8, 4) is 44.9 Å². The van der Waals surface area contributed by atoms with Crippen LogP contribution < -0.4 is 14.8 Å². The van der Waals surface area contributed by atoms with Gasteiger partial charge < -0.3 is 9.31 Å². The number of hydrogen-bond donors (Lipinski definition) is 0. The molecule has 0 bridgehead atoms. The Bertz CT molecular complexity index is 2890. The van der Waals surface area contributed by atoms with Crippen LogP contribution >= 0.6 is 0 Å². The van der Waals surface area contributed by atoms with Crippen LogP contribution in [0.25, 0.3) is 33.4 Å². The van der Waals surface area contributed by atoms with Gasteiger partial charge in [0.25, 0.3) is 0 Å². The molecule has 0 amide bonds. The fraction of sp³-hybridized carbons (Fsp3) is 0.0270. The number of hydrogen-bond acceptors (Lipinski definition) is 2. The Morgan fingerprint density at radius 2 is 0.738 bits per heavy atom. The predicted molar refractivity (Wildman–Crippen MR) is 164 cm³/mol. The van der Waals surface area contributed by atoms with Gasteiger partial charge in [0.1, 0.15) is 0 Å². The monoisotopic (exact) mass is 892 g/mol. The largest absolute Gasteiger partial charge is 0.633 e. The molecule has 0 spiro atoms. The average molecular weight is 892 g/mol. The molecule has 316 valence electrons. The molecule has 1 aliphatic carbocycles. The zero-order chi connectivity index (χ0) is 45.1. The van der Waals surface area contributed by atoms with Crippen LogP contribution in [-0.2, 0) is 5.92 Å². The molecule has 0 N–H and O–H groups in total. The molecule has 0 unspecified atom stereocenters. The van der Waals surface area contributed by atoms with E-state index < -0.39 is 185 Å². The number of fused-ring (bicyclic) bond motifs is 3. The summed E-state index contributed by atoms with van der Waals surface area (Å²) in [6.45, 7) is 0. The highest BCUT2D eigenvalue weighted by Gasteiger charge is 2.56. The maximum atomic E-state index is 16.1. The van der Waals surface area contributed by atoms with E-state index in [2.05, 4.69) is 0 Å². The third-order valence-corrected chi connectivity index (χ3v) is 9.10. The zero-order valence-electron chi connectivity index (χ0n) is 28.3. The van der Waals surface area contributed by atoms with Crippen molar-refractivity contribution in [1.82, 2.24) is 0 Å². The number of rotatable bonds is 7. The Morgan fingerprint density at radius 1 is 0.328 bits per heavy atom. The van der Waals surface area contributed by atoms with Gasteiger partial charge in [0.05, 0.1) is 22.3 Å². The van der Waals surface area contributed by atoms with Gasteiger partial charge in [-0.2, -0.15) is 17.6 Å². The third kappa shape index (κ3) is 6.03. The van der Waals surface area contributed by atoms with Gasteiger partial charge in [-0.15, -0.1) is 0 Å². The average Bonchev–Trinajstić information content (AvgIpc) is 3.48. The molecule has 0 aliphatic heterocycles. The number of alkyl halides is 2. The van der Waals surface area contributed by atoms with Gasteiger partial charge in [0.2, 0.25) is 23.3 Å². The molecule has 0 heterocycles. The summed E-state index contributed by atoms with van der Waals surface area (Å²) in [5.74, 6) is -65.4. The summed E-state index contributed by atoms with van der Waals surface area (Å²) in [7, 11) is -3.56. The molecule has 6 aromatic carbocycles. The molecule has 24 heteroatoms. The lowest BCUT2D eigenvalue weighted by Crippen LogP contribution is -2.45. The first kappa shape index (κ1) is 42.6. The molecule has 61 heavy (non-hydrogen) atoms. The van der Waals surface area contributed by atoms with E-state index in [-0.39, 0.29) is 6.07 Å². The van der Waals surface area contributed by atoms with Gasteiger partial charge in [-0.05, 0) is 17.7 Å². The maximum absolute atomic E-state index is 16.1. The van der Waals surface area contributed by atoms with Crippen LogP contribution in [0.4, 0.5) is 92.2 Å². The Hall–Kier alpha value is -6.49. The van der Waals surface area contributed by atoms with Gasteiger partial charge in [0.15, 0.2) is 98.8 Å². The molecule has 0 aromatic heterocycles. The molecular weight excluding hydrogens is 886 g/mol.